The first kappa shape index (κ1) is 12.2. The zero-order valence-corrected chi connectivity index (χ0v) is 9.88. The van der Waals surface area contributed by atoms with E-state index in [-0.39, 0.29) is 12.0 Å². The highest BCUT2D eigenvalue weighted by Gasteiger charge is 2.15. The molecule has 0 bridgehead atoms. The second-order valence-electron chi connectivity index (χ2n) is 4.91. The highest BCUT2D eigenvalue weighted by Crippen LogP contribution is 2.11. The summed E-state index contributed by atoms with van der Waals surface area (Å²) in [5.74, 6) is 0. The summed E-state index contributed by atoms with van der Waals surface area (Å²) in [6.07, 6.45) is 0. The number of hydrogen-bond acceptors (Lipinski definition) is 2. The minimum atomic E-state index is -0.0379. The summed E-state index contributed by atoms with van der Waals surface area (Å²) in [6.45, 7) is 8.12. The Morgan fingerprint density at radius 1 is 1.33 bits per heavy atom. The van der Waals surface area contributed by atoms with Gasteiger partial charge in [0.15, 0.2) is 0 Å². The number of rotatable bonds is 5. The lowest BCUT2D eigenvalue weighted by molar-refractivity contribution is 0.156. The summed E-state index contributed by atoms with van der Waals surface area (Å²) in [4.78, 5) is 0. The Morgan fingerprint density at radius 3 is 2.67 bits per heavy atom. The molecule has 0 atom stereocenters. The quantitative estimate of drug-likeness (QED) is 0.775. The van der Waals surface area contributed by atoms with Crippen LogP contribution in [0.1, 0.15) is 25.0 Å². The molecule has 0 aliphatic carbocycles. The lowest BCUT2D eigenvalue weighted by atomic mass is 9.95. The molecule has 1 aromatic rings. The molecule has 0 saturated heterocycles. The summed E-state index contributed by atoms with van der Waals surface area (Å²) >= 11 is 0. The molecule has 0 unspecified atom stereocenters. The number of aliphatic hydroxyl groups is 1. The van der Waals surface area contributed by atoms with E-state index in [1.54, 1.807) is 0 Å². The van der Waals surface area contributed by atoms with Gasteiger partial charge in [0.25, 0.3) is 0 Å². The predicted octanol–water partition coefficient (Wildman–Crippen LogP) is 2.10. The molecule has 2 nitrogen and oxygen atoms in total. The molecule has 0 amide bonds. The van der Waals surface area contributed by atoms with E-state index in [1.165, 1.54) is 11.1 Å². The summed E-state index contributed by atoms with van der Waals surface area (Å²) in [5.41, 5.74) is 2.54. The molecule has 0 heterocycles. The average Bonchev–Trinajstić information content (AvgIpc) is 2.18. The molecule has 0 fully saturated rings. The molecule has 0 spiro atoms. The van der Waals surface area contributed by atoms with Gasteiger partial charge >= 0.3 is 0 Å². The molecule has 0 radical (unpaired) electrons. The molecule has 15 heavy (non-hydrogen) atoms. The van der Waals surface area contributed by atoms with Gasteiger partial charge in [0, 0.05) is 25.1 Å². The van der Waals surface area contributed by atoms with Crippen molar-refractivity contribution in [1.29, 1.82) is 0 Å². The SMILES string of the molecule is Cc1cccc(CNCC(C)(C)CO)c1. The molecule has 0 aliphatic rings. The van der Waals surface area contributed by atoms with Gasteiger partial charge in [-0.3, -0.25) is 0 Å². The number of hydrogen-bond donors (Lipinski definition) is 2. The lowest BCUT2D eigenvalue weighted by Gasteiger charge is -2.21. The number of nitrogens with one attached hydrogen (secondary N) is 1. The van der Waals surface area contributed by atoms with E-state index >= 15 is 0 Å². The molecule has 1 aromatic carbocycles. The first-order valence-electron chi connectivity index (χ1n) is 5.41. The molecule has 2 heteroatoms. The minimum Gasteiger partial charge on any atom is -0.396 e. The highest BCUT2D eigenvalue weighted by atomic mass is 16.3. The van der Waals surface area contributed by atoms with Gasteiger partial charge in [0.2, 0.25) is 0 Å². The lowest BCUT2D eigenvalue weighted by Crippen LogP contribution is -2.31. The van der Waals surface area contributed by atoms with E-state index in [2.05, 4.69) is 50.4 Å². The van der Waals surface area contributed by atoms with Crippen LogP contribution in [0.2, 0.25) is 0 Å². The standard InChI is InChI=1S/C13H21NO/c1-11-5-4-6-12(7-11)8-14-9-13(2,3)10-15/h4-7,14-15H,8-10H2,1-3H3. The Morgan fingerprint density at radius 2 is 2.07 bits per heavy atom. The average molecular weight is 207 g/mol. The predicted molar refractivity (Wildman–Crippen MR) is 63.8 cm³/mol. The Kier molecular flexibility index (Phi) is 4.30. The van der Waals surface area contributed by atoms with Crippen molar-refractivity contribution < 1.29 is 5.11 Å². The summed E-state index contributed by atoms with van der Waals surface area (Å²) < 4.78 is 0. The van der Waals surface area contributed by atoms with Gasteiger partial charge in [-0.2, -0.15) is 0 Å². The molecular formula is C13H21NO. The number of aliphatic hydroxyl groups excluding tert-OH is 1. The summed E-state index contributed by atoms with van der Waals surface area (Å²) in [6, 6.07) is 8.47. The van der Waals surface area contributed by atoms with E-state index in [0.29, 0.717) is 0 Å². The van der Waals surface area contributed by atoms with Crippen LogP contribution in [0.4, 0.5) is 0 Å². The Balaban J connectivity index is 2.38. The van der Waals surface area contributed by atoms with Crippen LogP contribution in [0, 0.1) is 12.3 Å². The van der Waals surface area contributed by atoms with Crippen LogP contribution >= 0.6 is 0 Å². The second kappa shape index (κ2) is 5.29. The summed E-state index contributed by atoms with van der Waals surface area (Å²) in [7, 11) is 0. The first-order valence-corrected chi connectivity index (χ1v) is 5.41. The van der Waals surface area contributed by atoms with Crippen LogP contribution in [-0.2, 0) is 6.54 Å². The highest BCUT2D eigenvalue weighted by molar-refractivity contribution is 5.21. The van der Waals surface area contributed by atoms with Crippen molar-refractivity contribution in [3.8, 4) is 0 Å². The van der Waals surface area contributed by atoms with Crippen LogP contribution in [-0.4, -0.2) is 18.3 Å². The summed E-state index contributed by atoms with van der Waals surface area (Å²) in [5, 5.41) is 12.5. The topological polar surface area (TPSA) is 32.3 Å². The van der Waals surface area contributed by atoms with Crippen molar-refractivity contribution in [2.24, 2.45) is 5.41 Å². The molecule has 0 aliphatic heterocycles. The van der Waals surface area contributed by atoms with E-state index in [9.17, 15) is 0 Å². The van der Waals surface area contributed by atoms with Crippen LogP contribution in [0.5, 0.6) is 0 Å². The van der Waals surface area contributed by atoms with E-state index in [4.69, 9.17) is 5.11 Å². The number of benzene rings is 1. The van der Waals surface area contributed by atoms with Crippen LogP contribution in [0.15, 0.2) is 24.3 Å². The van der Waals surface area contributed by atoms with Gasteiger partial charge in [-0.25, -0.2) is 0 Å². The number of aryl methyl sites for hydroxylation is 1. The van der Waals surface area contributed by atoms with E-state index < -0.39 is 0 Å². The fourth-order valence-corrected chi connectivity index (χ4v) is 1.42. The van der Waals surface area contributed by atoms with Crippen LogP contribution in [0.3, 0.4) is 0 Å². The third kappa shape index (κ3) is 4.45. The minimum absolute atomic E-state index is 0.0379. The van der Waals surface area contributed by atoms with Gasteiger partial charge in [0.1, 0.15) is 0 Å². The zero-order chi connectivity index (χ0) is 11.3. The van der Waals surface area contributed by atoms with Gasteiger partial charge in [-0.05, 0) is 12.5 Å². The van der Waals surface area contributed by atoms with Crippen LogP contribution in [0.25, 0.3) is 0 Å². The van der Waals surface area contributed by atoms with Crippen molar-refractivity contribution in [3.05, 3.63) is 35.4 Å². The van der Waals surface area contributed by atoms with Crippen molar-refractivity contribution >= 4 is 0 Å². The van der Waals surface area contributed by atoms with Gasteiger partial charge in [-0.1, -0.05) is 43.7 Å². The molecule has 84 valence electrons. The Hall–Kier alpha value is -0.860. The zero-order valence-electron chi connectivity index (χ0n) is 9.88. The van der Waals surface area contributed by atoms with Crippen molar-refractivity contribution in [3.63, 3.8) is 0 Å². The Labute approximate surface area is 92.3 Å². The maximum Gasteiger partial charge on any atom is 0.0494 e. The van der Waals surface area contributed by atoms with Gasteiger partial charge < -0.3 is 10.4 Å². The van der Waals surface area contributed by atoms with Gasteiger partial charge in [0.05, 0.1) is 0 Å². The molecular weight excluding hydrogens is 186 g/mol. The first-order chi connectivity index (χ1) is 7.03. The third-order valence-corrected chi connectivity index (χ3v) is 2.44. The fraction of sp³-hybridized carbons (Fsp3) is 0.538. The van der Waals surface area contributed by atoms with Crippen LogP contribution < -0.4 is 5.32 Å². The van der Waals surface area contributed by atoms with E-state index in [0.717, 1.165) is 13.1 Å². The second-order valence-corrected chi connectivity index (χ2v) is 4.91. The largest absolute Gasteiger partial charge is 0.396 e. The van der Waals surface area contributed by atoms with E-state index in [1.807, 2.05) is 0 Å². The monoisotopic (exact) mass is 207 g/mol. The van der Waals surface area contributed by atoms with Gasteiger partial charge in [-0.15, -0.1) is 0 Å². The third-order valence-electron chi connectivity index (χ3n) is 2.44. The smallest absolute Gasteiger partial charge is 0.0494 e. The normalized spacial score (nSPS) is 11.7. The van der Waals surface area contributed by atoms with Crippen molar-refractivity contribution in [2.75, 3.05) is 13.2 Å². The Bertz CT molecular complexity index is 307. The maximum absolute atomic E-state index is 9.10. The van der Waals surface area contributed by atoms with Crippen molar-refractivity contribution in [1.82, 2.24) is 5.32 Å². The van der Waals surface area contributed by atoms with Crippen molar-refractivity contribution in [2.45, 2.75) is 27.3 Å². The molecule has 2 N–H and O–H groups in total. The molecule has 1 rings (SSSR count). The molecule has 0 aromatic heterocycles. The molecule has 0 saturated carbocycles. The fourth-order valence-electron chi connectivity index (χ4n) is 1.42. The maximum atomic E-state index is 9.10.